The Morgan fingerprint density at radius 3 is 2.38 bits per heavy atom. The highest BCUT2D eigenvalue weighted by Gasteiger charge is 2.12. The zero-order chi connectivity index (χ0) is 22.5. The lowest BCUT2D eigenvalue weighted by Crippen LogP contribution is -2.16. The number of hydrogen-bond donors (Lipinski definition) is 0. The van der Waals surface area contributed by atoms with Gasteiger partial charge >= 0.3 is 5.97 Å². The number of carbonyl (C=O) groups excluding carboxylic acids is 2. The average Bonchev–Trinajstić information content (AvgIpc) is 3.16. The number of ether oxygens (including phenoxy) is 1. The van der Waals surface area contributed by atoms with E-state index < -0.39 is 5.97 Å². The van der Waals surface area contributed by atoms with E-state index in [-0.39, 0.29) is 5.91 Å². The third-order valence-electron chi connectivity index (χ3n) is 5.06. The topological polar surface area (TPSA) is 60.7 Å². The number of benzene rings is 3. The third kappa shape index (κ3) is 4.60. The van der Waals surface area contributed by atoms with Crippen LogP contribution in [0.25, 0.3) is 10.2 Å². The van der Waals surface area contributed by atoms with Crippen molar-refractivity contribution in [1.29, 1.82) is 0 Å². The second kappa shape index (κ2) is 9.58. The van der Waals surface area contributed by atoms with E-state index in [4.69, 9.17) is 4.74 Å². The number of thiazole rings is 1. The fourth-order valence-electron chi connectivity index (χ4n) is 3.46. The van der Waals surface area contributed by atoms with Gasteiger partial charge in [0.1, 0.15) is 0 Å². The highest BCUT2D eigenvalue weighted by Crippen LogP contribution is 2.20. The number of carbonyl (C=O) groups is 2. The minimum atomic E-state index is -0.402. The molecule has 0 radical (unpaired) electrons. The van der Waals surface area contributed by atoms with E-state index in [0.717, 1.165) is 22.2 Å². The maximum atomic E-state index is 12.9. The number of rotatable bonds is 6. The molecule has 0 aliphatic heterocycles. The van der Waals surface area contributed by atoms with Crippen LogP contribution < -0.4 is 4.80 Å². The summed E-state index contributed by atoms with van der Waals surface area (Å²) in [6.07, 6.45) is 2.56. The summed E-state index contributed by atoms with van der Waals surface area (Å²) in [7, 11) is 1.35. The standard InChI is InChI=1S/C26H22N2O3S/c1-3-15-28-22-14-13-21(25(30)31-2)17-23(22)32-26(28)27-24(29)20-11-9-19(10-12-20)16-18-7-5-4-6-8-18/h3-14,17H,1,15-16H2,2H3. The molecule has 0 unspecified atom stereocenters. The number of aromatic nitrogens is 1. The molecule has 0 spiro atoms. The fourth-order valence-corrected chi connectivity index (χ4v) is 4.53. The molecule has 0 bridgehead atoms. The Bertz CT molecular complexity index is 1350. The molecule has 0 N–H and O–H groups in total. The van der Waals surface area contributed by atoms with Crippen LogP contribution in [0.4, 0.5) is 0 Å². The van der Waals surface area contributed by atoms with E-state index >= 15 is 0 Å². The SMILES string of the molecule is C=CCn1c(=NC(=O)c2ccc(Cc3ccccc3)cc2)sc2cc(C(=O)OC)ccc21. The van der Waals surface area contributed by atoms with Gasteiger partial charge in [-0.2, -0.15) is 4.99 Å². The molecule has 0 aliphatic carbocycles. The van der Waals surface area contributed by atoms with Crippen LogP contribution in [0, 0.1) is 0 Å². The van der Waals surface area contributed by atoms with E-state index in [9.17, 15) is 9.59 Å². The highest BCUT2D eigenvalue weighted by atomic mass is 32.1. The Kier molecular flexibility index (Phi) is 6.42. The molecule has 1 aromatic heterocycles. The number of esters is 1. The van der Waals surface area contributed by atoms with Gasteiger partial charge in [0.05, 0.1) is 22.9 Å². The van der Waals surface area contributed by atoms with Gasteiger partial charge in [0.25, 0.3) is 5.91 Å². The van der Waals surface area contributed by atoms with Gasteiger partial charge in [-0.05, 0) is 47.9 Å². The number of methoxy groups -OCH3 is 1. The molecule has 0 fully saturated rings. The number of nitrogens with zero attached hydrogens (tertiary/aromatic N) is 2. The van der Waals surface area contributed by atoms with Crippen LogP contribution in [0.3, 0.4) is 0 Å². The predicted octanol–water partition coefficient (Wildman–Crippen LogP) is 5.01. The number of fused-ring (bicyclic) bond motifs is 1. The molecule has 0 saturated heterocycles. The van der Waals surface area contributed by atoms with E-state index in [1.807, 2.05) is 53.1 Å². The van der Waals surface area contributed by atoms with Crippen LogP contribution in [0.1, 0.15) is 31.8 Å². The van der Waals surface area contributed by atoms with Gasteiger partial charge in [-0.15, -0.1) is 6.58 Å². The minimum absolute atomic E-state index is 0.311. The lowest BCUT2D eigenvalue weighted by atomic mass is 10.0. The molecule has 0 aliphatic rings. The van der Waals surface area contributed by atoms with Gasteiger partial charge in [0.15, 0.2) is 4.80 Å². The molecule has 0 saturated carbocycles. The van der Waals surface area contributed by atoms with E-state index in [1.165, 1.54) is 24.0 Å². The molecule has 160 valence electrons. The van der Waals surface area contributed by atoms with Crippen molar-refractivity contribution in [3.8, 4) is 0 Å². The summed E-state index contributed by atoms with van der Waals surface area (Å²) in [4.78, 5) is 29.7. The quantitative estimate of drug-likeness (QED) is 0.312. The van der Waals surface area contributed by atoms with Crippen molar-refractivity contribution in [2.24, 2.45) is 4.99 Å². The summed E-state index contributed by atoms with van der Waals surface area (Å²) in [5.74, 6) is -0.713. The Labute approximate surface area is 189 Å². The molecule has 1 heterocycles. The van der Waals surface area contributed by atoms with Crippen molar-refractivity contribution in [2.45, 2.75) is 13.0 Å². The van der Waals surface area contributed by atoms with Crippen LogP contribution in [-0.4, -0.2) is 23.6 Å². The van der Waals surface area contributed by atoms with Gasteiger partial charge in [0.2, 0.25) is 0 Å². The Morgan fingerprint density at radius 2 is 1.69 bits per heavy atom. The first kappa shape index (κ1) is 21.5. The number of amides is 1. The smallest absolute Gasteiger partial charge is 0.337 e. The largest absolute Gasteiger partial charge is 0.465 e. The molecule has 4 aromatic rings. The fraction of sp³-hybridized carbons (Fsp3) is 0.115. The van der Waals surface area contributed by atoms with Crippen molar-refractivity contribution < 1.29 is 14.3 Å². The summed E-state index contributed by atoms with van der Waals surface area (Å²) in [6, 6.07) is 23.0. The van der Waals surface area contributed by atoms with Gasteiger partial charge in [-0.25, -0.2) is 4.79 Å². The summed E-state index contributed by atoms with van der Waals surface area (Å²) in [5, 5.41) is 0. The van der Waals surface area contributed by atoms with E-state index in [1.54, 1.807) is 18.2 Å². The lowest BCUT2D eigenvalue weighted by Gasteiger charge is -2.03. The summed E-state index contributed by atoms with van der Waals surface area (Å²) in [5.41, 5.74) is 4.22. The monoisotopic (exact) mass is 442 g/mol. The van der Waals surface area contributed by atoms with Crippen LogP contribution >= 0.6 is 11.3 Å². The lowest BCUT2D eigenvalue weighted by molar-refractivity contribution is 0.0601. The molecular formula is C26H22N2O3S. The van der Waals surface area contributed by atoms with Gasteiger partial charge in [-0.1, -0.05) is 59.9 Å². The first-order valence-electron chi connectivity index (χ1n) is 10.1. The maximum absolute atomic E-state index is 12.9. The first-order chi connectivity index (χ1) is 15.6. The van der Waals surface area contributed by atoms with Crippen molar-refractivity contribution >= 4 is 33.4 Å². The molecule has 4 rings (SSSR count). The average molecular weight is 443 g/mol. The highest BCUT2D eigenvalue weighted by molar-refractivity contribution is 7.16. The summed E-state index contributed by atoms with van der Waals surface area (Å²) in [6.45, 7) is 4.31. The minimum Gasteiger partial charge on any atom is -0.465 e. The molecule has 6 heteroatoms. The van der Waals surface area contributed by atoms with Crippen molar-refractivity contribution in [1.82, 2.24) is 4.57 Å². The zero-order valence-electron chi connectivity index (χ0n) is 17.7. The Balaban J connectivity index is 1.65. The van der Waals surface area contributed by atoms with Crippen LogP contribution in [0.5, 0.6) is 0 Å². The van der Waals surface area contributed by atoms with Crippen molar-refractivity contribution in [3.05, 3.63) is 113 Å². The van der Waals surface area contributed by atoms with Crippen molar-refractivity contribution in [3.63, 3.8) is 0 Å². The molecule has 5 nitrogen and oxygen atoms in total. The maximum Gasteiger partial charge on any atom is 0.337 e. The molecular weight excluding hydrogens is 420 g/mol. The Morgan fingerprint density at radius 1 is 1.00 bits per heavy atom. The van der Waals surface area contributed by atoms with E-state index in [0.29, 0.717) is 22.5 Å². The van der Waals surface area contributed by atoms with Crippen molar-refractivity contribution in [2.75, 3.05) is 7.11 Å². The summed E-state index contributed by atoms with van der Waals surface area (Å²) < 4.78 is 7.56. The third-order valence-corrected chi connectivity index (χ3v) is 6.11. The van der Waals surface area contributed by atoms with Gasteiger partial charge in [-0.3, -0.25) is 4.79 Å². The van der Waals surface area contributed by atoms with E-state index in [2.05, 4.69) is 23.7 Å². The van der Waals surface area contributed by atoms with Crippen LogP contribution in [0.15, 0.2) is 90.4 Å². The normalized spacial score (nSPS) is 11.5. The predicted molar refractivity (Wildman–Crippen MR) is 127 cm³/mol. The molecule has 0 atom stereocenters. The second-order valence-corrected chi connectivity index (χ2v) is 8.24. The molecule has 32 heavy (non-hydrogen) atoms. The second-order valence-electron chi connectivity index (χ2n) is 7.23. The Hall–Kier alpha value is -3.77. The summed E-state index contributed by atoms with van der Waals surface area (Å²) >= 11 is 1.35. The zero-order valence-corrected chi connectivity index (χ0v) is 18.5. The van der Waals surface area contributed by atoms with Crippen LogP contribution in [0.2, 0.25) is 0 Å². The van der Waals surface area contributed by atoms with Crippen LogP contribution in [-0.2, 0) is 17.7 Å². The molecule has 3 aromatic carbocycles. The first-order valence-corrected chi connectivity index (χ1v) is 10.9. The van der Waals surface area contributed by atoms with Gasteiger partial charge in [0, 0.05) is 12.1 Å². The van der Waals surface area contributed by atoms with Gasteiger partial charge < -0.3 is 9.30 Å². The molecule has 1 amide bonds. The number of allylic oxidation sites excluding steroid dienone is 1. The number of hydrogen-bond acceptors (Lipinski definition) is 4.